The molecule has 0 bridgehead atoms. The molecule has 0 saturated carbocycles. The van der Waals surface area contributed by atoms with Crippen LogP contribution in [-0.2, 0) is 22.6 Å². The highest BCUT2D eigenvalue weighted by Gasteiger charge is 2.46. The molecule has 0 spiro atoms. The number of hydrogen-bond acceptors (Lipinski definition) is 4. The normalized spacial score (nSPS) is 18.0. The summed E-state index contributed by atoms with van der Waals surface area (Å²) in [6.45, 7) is 6.00. The number of amides is 1. The number of carbonyl (C=O) groups excluding carboxylic acids is 2. The molecule has 1 N–H and O–H groups in total. The number of likely N-dealkylation sites (tertiary alicyclic amines) is 1. The Hall–Kier alpha value is -3.60. The van der Waals surface area contributed by atoms with Gasteiger partial charge in [0.25, 0.3) is 11.7 Å². The van der Waals surface area contributed by atoms with Crippen LogP contribution in [0.1, 0.15) is 46.5 Å². The SMILES string of the molecule is CCc1ccc(C2C(=C(O)c3cc(C)ccc3C)C(=O)C(=O)N2Cc2ccco2)cc1. The monoisotopic (exact) mass is 415 g/mol. The van der Waals surface area contributed by atoms with Crippen LogP contribution in [0.15, 0.2) is 70.9 Å². The lowest BCUT2D eigenvalue weighted by atomic mass is 9.92. The van der Waals surface area contributed by atoms with E-state index in [-0.39, 0.29) is 17.9 Å². The number of ketones is 1. The van der Waals surface area contributed by atoms with Crippen molar-refractivity contribution >= 4 is 17.4 Å². The van der Waals surface area contributed by atoms with Gasteiger partial charge >= 0.3 is 0 Å². The number of benzene rings is 2. The number of rotatable bonds is 5. The molecule has 1 unspecified atom stereocenters. The summed E-state index contributed by atoms with van der Waals surface area (Å²) in [6.07, 6.45) is 2.42. The molecule has 1 aliphatic rings. The summed E-state index contributed by atoms with van der Waals surface area (Å²) in [5, 5.41) is 11.2. The Morgan fingerprint density at radius 2 is 1.81 bits per heavy atom. The minimum Gasteiger partial charge on any atom is -0.507 e. The van der Waals surface area contributed by atoms with Gasteiger partial charge in [0, 0.05) is 5.56 Å². The predicted molar refractivity (Wildman–Crippen MR) is 118 cm³/mol. The van der Waals surface area contributed by atoms with Crippen LogP contribution in [0.4, 0.5) is 0 Å². The molecule has 2 heterocycles. The minimum atomic E-state index is -0.698. The van der Waals surface area contributed by atoms with Gasteiger partial charge in [0.2, 0.25) is 0 Å². The molecule has 5 nitrogen and oxygen atoms in total. The zero-order valence-corrected chi connectivity index (χ0v) is 17.9. The van der Waals surface area contributed by atoms with Gasteiger partial charge in [-0.25, -0.2) is 0 Å². The topological polar surface area (TPSA) is 70.8 Å². The van der Waals surface area contributed by atoms with Crippen LogP contribution >= 0.6 is 0 Å². The standard InChI is InChI=1S/C26H25NO4/c1-4-18-9-11-19(12-10-18)23-22(24(28)21-14-16(2)7-8-17(21)3)25(29)26(30)27(23)15-20-6-5-13-31-20/h5-14,23,28H,4,15H2,1-3H3. The average Bonchev–Trinajstić information content (AvgIpc) is 3.37. The summed E-state index contributed by atoms with van der Waals surface area (Å²) in [6, 6.07) is 16.3. The third-order valence-corrected chi connectivity index (χ3v) is 5.80. The second kappa shape index (κ2) is 8.26. The highest BCUT2D eigenvalue weighted by Crippen LogP contribution is 2.41. The van der Waals surface area contributed by atoms with Crippen LogP contribution in [0.25, 0.3) is 5.76 Å². The molecule has 5 heteroatoms. The first-order valence-electron chi connectivity index (χ1n) is 10.4. The quantitative estimate of drug-likeness (QED) is 0.358. The van der Waals surface area contributed by atoms with Gasteiger partial charge in [0.05, 0.1) is 24.4 Å². The molecule has 31 heavy (non-hydrogen) atoms. The van der Waals surface area contributed by atoms with Gasteiger partial charge in [-0.15, -0.1) is 0 Å². The molecule has 0 aliphatic carbocycles. The number of furan rings is 1. The first-order chi connectivity index (χ1) is 14.9. The van der Waals surface area contributed by atoms with E-state index in [1.165, 1.54) is 11.2 Å². The van der Waals surface area contributed by atoms with Crippen molar-refractivity contribution in [1.82, 2.24) is 4.90 Å². The lowest BCUT2D eigenvalue weighted by molar-refractivity contribution is -0.140. The van der Waals surface area contributed by atoms with E-state index in [0.29, 0.717) is 11.3 Å². The molecule has 1 fully saturated rings. The smallest absolute Gasteiger partial charge is 0.296 e. The zero-order chi connectivity index (χ0) is 22.1. The average molecular weight is 415 g/mol. The van der Waals surface area contributed by atoms with Crippen LogP contribution in [-0.4, -0.2) is 21.7 Å². The molecule has 1 amide bonds. The maximum absolute atomic E-state index is 13.1. The fourth-order valence-corrected chi connectivity index (χ4v) is 4.03. The van der Waals surface area contributed by atoms with Gasteiger partial charge < -0.3 is 14.4 Å². The molecule has 1 atom stereocenters. The molecule has 1 aliphatic heterocycles. The molecular formula is C26H25NO4. The minimum absolute atomic E-state index is 0.106. The summed E-state index contributed by atoms with van der Waals surface area (Å²) < 4.78 is 5.43. The summed E-state index contributed by atoms with van der Waals surface area (Å²) >= 11 is 0. The van der Waals surface area contributed by atoms with E-state index in [9.17, 15) is 14.7 Å². The number of hydrogen-bond donors (Lipinski definition) is 1. The van der Waals surface area contributed by atoms with Gasteiger partial charge in [-0.3, -0.25) is 9.59 Å². The van der Waals surface area contributed by atoms with Crippen molar-refractivity contribution < 1.29 is 19.1 Å². The molecule has 1 aromatic heterocycles. The predicted octanol–water partition coefficient (Wildman–Crippen LogP) is 5.08. The number of carbonyl (C=O) groups is 2. The molecular weight excluding hydrogens is 390 g/mol. The number of aliphatic hydroxyl groups is 1. The van der Waals surface area contributed by atoms with Gasteiger partial charge in [-0.1, -0.05) is 48.9 Å². The van der Waals surface area contributed by atoms with Crippen LogP contribution in [0.2, 0.25) is 0 Å². The molecule has 158 valence electrons. The van der Waals surface area contributed by atoms with E-state index >= 15 is 0 Å². The van der Waals surface area contributed by atoms with Crippen LogP contribution in [0.3, 0.4) is 0 Å². The Morgan fingerprint density at radius 3 is 2.45 bits per heavy atom. The number of nitrogens with zero attached hydrogens (tertiary/aromatic N) is 1. The fourth-order valence-electron chi connectivity index (χ4n) is 4.03. The van der Waals surface area contributed by atoms with E-state index in [4.69, 9.17) is 4.42 Å². The van der Waals surface area contributed by atoms with Crippen molar-refractivity contribution in [3.05, 3.63) is 100 Å². The van der Waals surface area contributed by atoms with Crippen molar-refractivity contribution in [1.29, 1.82) is 0 Å². The third kappa shape index (κ3) is 3.79. The Morgan fingerprint density at radius 1 is 1.06 bits per heavy atom. The molecule has 4 rings (SSSR count). The first kappa shape index (κ1) is 20.7. The van der Waals surface area contributed by atoms with Crippen LogP contribution in [0.5, 0.6) is 0 Å². The number of aliphatic hydroxyl groups excluding tert-OH is 1. The van der Waals surface area contributed by atoms with Gasteiger partial charge in [-0.05, 0) is 55.2 Å². The number of Topliss-reactive ketones (excluding diaryl/α,β-unsaturated/α-hetero) is 1. The van der Waals surface area contributed by atoms with Crippen molar-refractivity contribution in [2.24, 2.45) is 0 Å². The van der Waals surface area contributed by atoms with Crippen LogP contribution < -0.4 is 0 Å². The first-order valence-corrected chi connectivity index (χ1v) is 10.4. The zero-order valence-electron chi connectivity index (χ0n) is 17.9. The van der Waals surface area contributed by atoms with E-state index in [0.717, 1.165) is 28.7 Å². The maximum Gasteiger partial charge on any atom is 0.296 e. The highest BCUT2D eigenvalue weighted by atomic mass is 16.3. The molecule has 2 aromatic carbocycles. The maximum atomic E-state index is 13.1. The van der Waals surface area contributed by atoms with E-state index in [1.807, 2.05) is 56.3 Å². The third-order valence-electron chi connectivity index (χ3n) is 5.80. The van der Waals surface area contributed by atoms with Crippen molar-refractivity contribution in [2.75, 3.05) is 0 Å². The highest BCUT2D eigenvalue weighted by molar-refractivity contribution is 6.46. The van der Waals surface area contributed by atoms with Gasteiger partial charge in [0.15, 0.2) is 0 Å². The summed E-state index contributed by atoms with van der Waals surface area (Å²) in [5.41, 5.74) is 4.39. The second-order valence-electron chi connectivity index (χ2n) is 7.92. The van der Waals surface area contributed by atoms with Crippen molar-refractivity contribution in [2.45, 2.75) is 39.8 Å². The second-order valence-corrected chi connectivity index (χ2v) is 7.92. The van der Waals surface area contributed by atoms with E-state index in [2.05, 4.69) is 6.92 Å². The van der Waals surface area contributed by atoms with Crippen molar-refractivity contribution in [3.8, 4) is 0 Å². The largest absolute Gasteiger partial charge is 0.507 e. The van der Waals surface area contributed by atoms with Gasteiger partial charge in [-0.2, -0.15) is 0 Å². The number of aryl methyl sites for hydroxylation is 3. The summed E-state index contributed by atoms with van der Waals surface area (Å²) in [5.74, 6) is -0.905. The van der Waals surface area contributed by atoms with Gasteiger partial charge in [0.1, 0.15) is 11.5 Å². The fraction of sp³-hybridized carbons (Fsp3) is 0.231. The molecule has 0 radical (unpaired) electrons. The molecule has 3 aromatic rings. The molecule has 1 saturated heterocycles. The Kier molecular flexibility index (Phi) is 5.51. The van der Waals surface area contributed by atoms with E-state index in [1.54, 1.807) is 12.1 Å². The van der Waals surface area contributed by atoms with Crippen LogP contribution in [0, 0.1) is 13.8 Å². The lowest BCUT2D eigenvalue weighted by Gasteiger charge is -2.25. The van der Waals surface area contributed by atoms with Crippen molar-refractivity contribution in [3.63, 3.8) is 0 Å². The van der Waals surface area contributed by atoms with E-state index < -0.39 is 17.7 Å². The lowest BCUT2D eigenvalue weighted by Crippen LogP contribution is -2.29. The Labute approximate surface area is 181 Å². The Balaban J connectivity index is 1.89. The Bertz CT molecular complexity index is 1160. The summed E-state index contributed by atoms with van der Waals surface area (Å²) in [7, 11) is 0. The summed E-state index contributed by atoms with van der Waals surface area (Å²) in [4.78, 5) is 27.6.